The topological polar surface area (TPSA) is 52.6 Å². The van der Waals surface area contributed by atoms with Crippen LogP contribution in [0.3, 0.4) is 0 Å². The van der Waals surface area contributed by atoms with Crippen molar-refractivity contribution in [3.05, 3.63) is 41.0 Å². The number of hydrogen-bond acceptors (Lipinski definition) is 4. The van der Waals surface area contributed by atoms with E-state index in [-0.39, 0.29) is 5.56 Å². The highest BCUT2D eigenvalue weighted by atomic mass is 19.4. The molecular formula is C13H11F3O4. The molecule has 0 aliphatic rings. The molecule has 4 nitrogen and oxygen atoms in total. The minimum Gasteiger partial charge on any atom is -0.465 e. The summed E-state index contributed by atoms with van der Waals surface area (Å²) in [6, 6.07) is 4.54. The highest BCUT2D eigenvalue weighted by Crippen LogP contribution is 2.32. The normalized spacial score (nSPS) is 10.7. The van der Waals surface area contributed by atoms with Crippen molar-refractivity contribution in [2.45, 2.75) is 6.18 Å². The van der Waals surface area contributed by atoms with E-state index in [1.807, 2.05) is 0 Å². The Balaban J connectivity index is 3.39. The van der Waals surface area contributed by atoms with Gasteiger partial charge >= 0.3 is 18.1 Å². The fourth-order valence-corrected chi connectivity index (χ4v) is 1.46. The average molecular weight is 288 g/mol. The van der Waals surface area contributed by atoms with Gasteiger partial charge in [-0.3, -0.25) is 0 Å². The Morgan fingerprint density at radius 1 is 1.05 bits per heavy atom. The van der Waals surface area contributed by atoms with E-state index in [1.165, 1.54) is 12.1 Å². The minimum absolute atomic E-state index is 0.328. The molecule has 0 N–H and O–H groups in total. The van der Waals surface area contributed by atoms with Crippen molar-refractivity contribution >= 4 is 18.0 Å². The van der Waals surface area contributed by atoms with Crippen molar-refractivity contribution in [1.29, 1.82) is 0 Å². The van der Waals surface area contributed by atoms with Crippen molar-refractivity contribution in [3.8, 4) is 0 Å². The lowest BCUT2D eigenvalue weighted by Gasteiger charge is -2.10. The van der Waals surface area contributed by atoms with Gasteiger partial charge in [-0.15, -0.1) is 0 Å². The van der Waals surface area contributed by atoms with Crippen LogP contribution in [-0.2, 0) is 25.2 Å². The SMILES string of the molecule is COC(=O)C(=Cc1ccccc1C(F)(F)F)C(=O)OC. The van der Waals surface area contributed by atoms with Crippen LogP contribution in [0, 0.1) is 0 Å². The van der Waals surface area contributed by atoms with Gasteiger partial charge in [0, 0.05) is 0 Å². The third-order valence-electron chi connectivity index (χ3n) is 2.38. The van der Waals surface area contributed by atoms with Gasteiger partial charge in [-0.25, -0.2) is 9.59 Å². The number of hydrogen-bond donors (Lipinski definition) is 0. The summed E-state index contributed by atoms with van der Waals surface area (Å²) >= 11 is 0. The van der Waals surface area contributed by atoms with Gasteiger partial charge in [0.05, 0.1) is 19.8 Å². The molecule has 0 saturated carbocycles. The van der Waals surface area contributed by atoms with Crippen LogP contribution in [0.5, 0.6) is 0 Å². The zero-order chi connectivity index (χ0) is 15.3. The van der Waals surface area contributed by atoms with E-state index in [9.17, 15) is 22.8 Å². The van der Waals surface area contributed by atoms with Crippen molar-refractivity contribution in [3.63, 3.8) is 0 Å². The summed E-state index contributed by atoms with van der Waals surface area (Å²) in [5, 5.41) is 0. The predicted octanol–water partition coefficient (Wildman–Crippen LogP) is 2.43. The van der Waals surface area contributed by atoms with Crippen molar-refractivity contribution in [2.75, 3.05) is 14.2 Å². The molecule has 0 heterocycles. The largest absolute Gasteiger partial charge is 0.465 e. The maximum atomic E-state index is 12.8. The average Bonchev–Trinajstić information content (AvgIpc) is 2.42. The number of halogens is 3. The molecule has 0 aliphatic heterocycles. The first-order chi connectivity index (χ1) is 9.31. The molecular weight excluding hydrogens is 277 g/mol. The van der Waals surface area contributed by atoms with Crippen LogP contribution >= 0.6 is 0 Å². The summed E-state index contributed by atoms with van der Waals surface area (Å²) in [4.78, 5) is 22.8. The lowest BCUT2D eigenvalue weighted by Crippen LogP contribution is -2.16. The van der Waals surface area contributed by atoms with Crippen LogP contribution in [0.2, 0.25) is 0 Å². The molecule has 1 aromatic carbocycles. The molecule has 0 saturated heterocycles. The second kappa shape index (κ2) is 6.23. The number of alkyl halides is 3. The molecule has 0 radical (unpaired) electrons. The van der Waals surface area contributed by atoms with Gasteiger partial charge in [0.25, 0.3) is 0 Å². The fourth-order valence-electron chi connectivity index (χ4n) is 1.46. The number of rotatable bonds is 3. The number of carbonyl (C=O) groups is 2. The first kappa shape index (κ1) is 15.7. The van der Waals surface area contributed by atoms with Gasteiger partial charge < -0.3 is 9.47 Å². The van der Waals surface area contributed by atoms with E-state index in [2.05, 4.69) is 9.47 Å². The molecule has 0 amide bonds. The Morgan fingerprint density at radius 3 is 2.00 bits per heavy atom. The molecule has 20 heavy (non-hydrogen) atoms. The fraction of sp³-hybridized carbons (Fsp3) is 0.231. The van der Waals surface area contributed by atoms with Crippen molar-refractivity contribution < 1.29 is 32.2 Å². The number of methoxy groups -OCH3 is 2. The monoisotopic (exact) mass is 288 g/mol. The molecule has 0 fully saturated rings. The van der Waals surface area contributed by atoms with Gasteiger partial charge in [0.2, 0.25) is 0 Å². The van der Waals surface area contributed by atoms with Crippen LogP contribution in [0.15, 0.2) is 29.8 Å². The molecule has 7 heteroatoms. The lowest BCUT2D eigenvalue weighted by atomic mass is 10.0. The van der Waals surface area contributed by atoms with E-state index < -0.39 is 29.3 Å². The summed E-state index contributed by atoms with van der Waals surface area (Å²) in [6.07, 6.45) is -3.81. The first-order valence-electron chi connectivity index (χ1n) is 5.35. The highest BCUT2D eigenvalue weighted by Gasteiger charge is 2.33. The van der Waals surface area contributed by atoms with E-state index >= 15 is 0 Å². The van der Waals surface area contributed by atoms with Crippen LogP contribution < -0.4 is 0 Å². The molecule has 0 unspecified atom stereocenters. The number of benzene rings is 1. The standard InChI is InChI=1S/C13H11F3O4/c1-19-11(17)9(12(18)20-2)7-8-5-3-4-6-10(8)13(14,15)16/h3-7H,1-2H3. The van der Waals surface area contributed by atoms with E-state index in [0.717, 1.165) is 32.4 Å². The maximum absolute atomic E-state index is 12.8. The van der Waals surface area contributed by atoms with Gasteiger partial charge in [0.1, 0.15) is 5.57 Å². The molecule has 1 rings (SSSR count). The smallest absolute Gasteiger partial charge is 0.416 e. The predicted molar refractivity (Wildman–Crippen MR) is 63.5 cm³/mol. The molecule has 1 aromatic rings. The van der Waals surface area contributed by atoms with Crippen molar-refractivity contribution in [2.24, 2.45) is 0 Å². The summed E-state index contributed by atoms with van der Waals surface area (Å²) in [5.41, 5.74) is -1.91. The number of ether oxygens (including phenoxy) is 2. The first-order valence-corrected chi connectivity index (χ1v) is 5.35. The molecule has 0 bridgehead atoms. The van der Waals surface area contributed by atoms with Gasteiger partial charge in [-0.1, -0.05) is 18.2 Å². The summed E-state index contributed by atoms with van der Waals surface area (Å²) in [7, 11) is 2.02. The van der Waals surface area contributed by atoms with Gasteiger partial charge in [0.15, 0.2) is 0 Å². The van der Waals surface area contributed by atoms with E-state index in [0.29, 0.717) is 0 Å². The Labute approximate surface area is 112 Å². The second-order valence-electron chi connectivity index (χ2n) is 3.63. The Morgan fingerprint density at radius 2 is 1.55 bits per heavy atom. The van der Waals surface area contributed by atoms with Crippen LogP contribution in [-0.4, -0.2) is 26.2 Å². The minimum atomic E-state index is -4.61. The Bertz CT molecular complexity index is 529. The zero-order valence-corrected chi connectivity index (χ0v) is 10.7. The molecule has 0 spiro atoms. The Kier molecular flexibility index (Phi) is 4.90. The summed E-state index contributed by atoms with van der Waals surface area (Å²) in [6.45, 7) is 0. The maximum Gasteiger partial charge on any atom is 0.416 e. The Hall–Kier alpha value is -2.31. The van der Waals surface area contributed by atoms with Crippen molar-refractivity contribution in [1.82, 2.24) is 0 Å². The number of esters is 2. The van der Waals surface area contributed by atoms with Crippen LogP contribution in [0.1, 0.15) is 11.1 Å². The third kappa shape index (κ3) is 3.59. The molecule has 108 valence electrons. The molecule has 0 atom stereocenters. The highest BCUT2D eigenvalue weighted by molar-refractivity contribution is 6.17. The van der Waals surface area contributed by atoms with Crippen LogP contribution in [0.25, 0.3) is 6.08 Å². The quantitative estimate of drug-likeness (QED) is 0.371. The van der Waals surface area contributed by atoms with E-state index in [1.54, 1.807) is 0 Å². The third-order valence-corrected chi connectivity index (χ3v) is 2.38. The summed E-state index contributed by atoms with van der Waals surface area (Å²) < 4.78 is 47.1. The lowest BCUT2D eigenvalue weighted by molar-refractivity contribution is -0.144. The second-order valence-corrected chi connectivity index (χ2v) is 3.63. The molecule has 0 aromatic heterocycles. The van der Waals surface area contributed by atoms with Gasteiger partial charge in [-0.2, -0.15) is 13.2 Å². The molecule has 0 aliphatic carbocycles. The zero-order valence-electron chi connectivity index (χ0n) is 10.7. The van der Waals surface area contributed by atoms with Gasteiger partial charge in [-0.05, 0) is 17.7 Å². The van der Waals surface area contributed by atoms with E-state index in [4.69, 9.17) is 0 Å². The summed E-state index contributed by atoms with van der Waals surface area (Å²) in [5.74, 6) is -2.15. The number of carbonyl (C=O) groups excluding carboxylic acids is 2. The van der Waals surface area contributed by atoms with Crippen LogP contribution in [0.4, 0.5) is 13.2 Å².